The van der Waals surface area contributed by atoms with Gasteiger partial charge in [0.05, 0.1) is 27.0 Å². The molecule has 4 heterocycles. The molecule has 154 valence electrons. The van der Waals surface area contributed by atoms with Gasteiger partial charge in [0.1, 0.15) is 5.69 Å². The second kappa shape index (κ2) is 8.36. The first kappa shape index (κ1) is 20.2. The molecule has 0 aliphatic carbocycles. The molecule has 0 amide bonds. The lowest BCUT2D eigenvalue weighted by atomic mass is 10.3. The summed E-state index contributed by atoms with van der Waals surface area (Å²) in [4.78, 5) is 15.0. The Morgan fingerprint density at radius 3 is 2.03 bits per heavy atom. The monoisotopic (exact) mass is 428 g/mol. The van der Waals surface area contributed by atoms with Gasteiger partial charge in [-0.25, -0.2) is 4.79 Å². The van der Waals surface area contributed by atoms with Crippen LogP contribution in [0.5, 0.6) is 0 Å². The summed E-state index contributed by atoms with van der Waals surface area (Å²) in [5.74, 6) is -0.228. The summed E-state index contributed by atoms with van der Waals surface area (Å²) < 4.78 is 12.4. The number of ether oxygens (including phenoxy) is 1. The number of rotatable bonds is 8. The van der Waals surface area contributed by atoms with Crippen molar-refractivity contribution in [2.24, 2.45) is 0 Å². The summed E-state index contributed by atoms with van der Waals surface area (Å²) >= 11 is 3.64. The van der Waals surface area contributed by atoms with Crippen LogP contribution in [0.3, 0.4) is 0 Å². The third-order valence-electron chi connectivity index (χ3n) is 5.25. The highest BCUT2D eigenvalue weighted by Crippen LogP contribution is 2.42. The lowest BCUT2D eigenvalue weighted by molar-refractivity contribution is 0.0514. The van der Waals surface area contributed by atoms with Crippen LogP contribution in [0, 0.1) is 0 Å². The number of hydrogen-bond donors (Lipinski definition) is 0. The van der Waals surface area contributed by atoms with Crippen LogP contribution in [0.25, 0.3) is 30.2 Å². The van der Waals surface area contributed by atoms with Gasteiger partial charge in [0.25, 0.3) is 0 Å². The van der Waals surface area contributed by atoms with Crippen molar-refractivity contribution in [1.82, 2.24) is 9.13 Å². The van der Waals surface area contributed by atoms with Gasteiger partial charge in [-0.1, -0.05) is 20.8 Å². The molecule has 0 aliphatic heterocycles. The van der Waals surface area contributed by atoms with Gasteiger partial charge >= 0.3 is 5.97 Å². The predicted molar refractivity (Wildman–Crippen MR) is 125 cm³/mol. The molecule has 4 rings (SSSR count). The molecule has 0 saturated carbocycles. The molecule has 6 heteroatoms. The average Bonchev–Trinajstić information content (AvgIpc) is 3.43. The molecule has 0 aliphatic rings. The van der Waals surface area contributed by atoms with Crippen LogP contribution in [-0.4, -0.2) is 21.7 Å². The minimum atomic E-state index is -0.228. The zero-order chi connectivity index (χ0) is 20.5. The summed E-state index contributed by atoms with van der Waals surface area (Å²) in [5.41, 5.74) is 4.58. The van der Waals surface area contributed by atoms with Crippen molar-refractivity contribution in [3.8, 4) is 9.75 Å². The zero-order valence-corrected chi connectivity index (χ0v) is 19.2. The number of nitrogens with zero attached hydrogens (tertiary/aromatic N) is 2. The summed E-state index contributed by atoms with van der Waals surface area (Å²) in [5, 5.41) is 0. The average molecular weight is 429 g/mol. The maximum absolute atomic E-state index is 12.4. The minimum absolute atomic E-state index is 0.228. The summed E-state index contributed by atoms with van der Waals surface area (Å²) in [6.07, 6.45) is 3.19. The molecule has 4 nitrogen and oxygen atoms in total. The predicted octanol–water partition coefficient (Wildman–Crippen LogP) is 6.95. The summed E-state index contributed by atoms with van der Waals surface area (Å²) in [6.45, 7) is 10.7. The van der Waals surface area contributed by atoms with E-state index in [4.69, 9.17) is 4.74 Å². The van der Waals surface area contributed by atoms with Crippen molar-refractivity contribution in [2.45, 2.75) is 60.0 Å². The zero-order valence-electron chi connectivity index (χ0n) is 17.6. The van der Waals surface area contributed by atoms with Gasteiger partial charge in [-0.15, -0.1) is 22.7 Å². The highest BCUT2D eigenvalue weighted by molar-refractivity contribution is 7.28. The van der Waals surface area contributed by atoms with Gasteiger partial charge in [-0.3, -0.25) is 0 Å². The SMILES string of the molecule is CCCn1c(CC)cc2sc(-c3cc4c(cc(C(=O)OCC)n4CCC)s3)cc21. The highest BCUT2D eigenvalue weighted by atomic mass is 32.1. The number of thiophene rings is 2. The highest BCUT2D eigenvalue weighted by Gasteiger charge is 2.20. The smallest absolute Gasteiger partial charge is 0.355 e. The maximum atomic E-state index is 12.4. The van der Waals surface area contributed by atoms with Crippen LogP contribution in [-0.2, 0) is 24.2 Å². The molecule has 0 atom stereocenters. The molecule has 0 saturated heterocycles. The van der Waals surface area contributed by atoms with E-state index in [0.717, 1.165) is 42.6 Å². The van der Waals surface area contributed by atoms with Crippen molar-refractivity contribution in [3.05, 3.63) is 35.7 Å². The molecule has 0 spiro atoms. The number of carbonyl (C=O) groups excluding carboxylic acids is 1. The van der Waals surface area contributed by atoms with Crippen LogP contribution in [0.2, 0.25) is 0 Å². The Morgan fingerprint density at radius 1 is 0.862 bits per heavy atom. The number of hydrogen-bond acceptors (Lipinski definition) is 4. The third kappa shape index (κ3) is 3.53. The Bertz CT molecular complexity index is 1160. The molecule has 0 radical (unpaired) electrons. The van der Waals surface area contributed by atoms with Gasteiger partial charge in [-0.05, 0) is 50.5 Å². The van der Waals surface area contributed by atoms with Crippen molar-refractivity contribution >= 4 is 49.1 Å². The Morgan fingerprint density at radius 2 is 1.45 bits per heavy atom. The molecule has 4 aromatic rings. The third-order valence-corrected chi connectivity index (χ3v) is 7.59. The Labute approximate surface area is 179 Å². The number of esters is 1. The Hall–Kier alpha value is -2.05. The quantitative estimate of drug-likeness (QED) is 0.285. The molecule has 4 aromatic heterocycles. The standard InChI is InChI=1S/C23H28N2O2S2/c1-5-9-24-15(7-3)11-19-16(24)12-21(28-19)22-13-17-20(29-22)14-18(23(26)27-8-4)25(17)10-6-2/h11-14H,5-10H2,1-4H3. The van der Waals surface area contributed by atoms with E-state index in [1.807, 2.05) is 24.3 Å². The Balaban J connectivity index is 1.77. The first-order valence-electron chi connectivity index (χ1n) is 10.5. The number of aryl methyl sites for hydroxylation is 3. The van der Waals surface area contributed by atoms with Crippen molar-refractivity contribution in [1.29, 1.82) is 0 Å². The number of aromatic nitrogens is 2. The first-order valence-corrected chi connectivity index (χ1v) is 12.2. The molecule has 0 aromatic carbocycles. The normalized spacial score (nSPS) is 11.7. The summed E-state index contributed by atoms with van der Waals surface area (Å²) in [6, 6.07) is 8.93. The molecule has 0 N–H and O–H groups in total. The van der Waals surface area contributed by atoms with Crippen molar-refractivity contribution < 1.29 is 9.53 Å². The van der Waals surface area contributed by atoms with Gasteiger partial charge in [0.15, 0.2) is 0 Å². The molecule has 0 fully saturated rings. The summed E-state index contributed by atoms with van der Waals surface area (Å²) in [7, 11) is 0. The van der Waals surface area contributed by atoms with Gasteiger partial charge in [-0.2, -0.15) is 0 Å². The topological polar surface area (TPSA) is 36.2 Å². The van der Waals surface area contributed by atoms with Crippen molar-refractivity contribution in [2.75, 3.05) is 6.61 Å². The number of carbonyl (C=O) groups is 1. The minimum Gasteiger partial charge on any atom is -0.461 e. The van der Waals surface area contributed by atoms with E-state index in [1.165, 1.54) is 25.7 Å². The van der Waals surface area contributed by atoms with E-state index in [9.17, 15) is 4.79 Å². The van der Waals surface area contributed by atoms with Crippen LogP contribution in [0.15, 0.2) is 24.3 Å². The maximum Gasteiger partial charge on any atom is 0.355 e. The Kier molecular flexibility index (Phi) is 5.83. The largest absolute Gasteiger partial charge is 0.461 e. The van der Waals surface area contributed by atoms with E-state index in [1.54, 1.807) is 11.3 Å². The fourth-order valence-corrected chi connectivity index (χ4v) is 6.29. The molecular formula is C23H28N2O2S2. The van der Waals surface area contributed by atoms with E-state index in [2.05, 4.69) is 48.1 Å². The van der Waals surface area contributed by atoms with Crippen molar-refractivity contribution in [3.63, 3.8) is 0 Å². The first-order chi connectivity index (χ1) is 14.1. The van der Waals surface area contributed by atoms with Crippen LogP contribution >= 0.6 is 22.7 Å². The van der Waals surface area contributed by atoms with Gasteiger partial charge < -0.3 is 13.9 Å². The second-order valence-corrected chi connectivity index (χ2v) is 9.43. The van der Waals surface area contributed by atoms with E-state index >= 15 is 0 Å². The number of fused-ring (bicyclic) bond motifs is 2. The van der Waals surface area contributed by atoms with Crippen LogP contribution in [0.1, 0.15) is 56.7 Å². The molecular weight excluding hydrogens is 400 g/mol. The van der Waals surface area contributed by atoms with Gasteiger partial charge in [0.2, 0.25) is 0 Å². The van der Waals surface area contributed by atoms with E-state index in [-0.39, 0.29) is 5.97 Å². The fraction of sp³-hybridized carbons (Fsp3) is 0.435. The van der Waals surface area contributed by atoms with Gasteiger partial charge in [0, 0.05) is 28.5 Å². The fourth-order valence-electron chi connectivity index (χ4n) is 4.00. The molecule has 29 heavy (non-hydrogen) atoms. The van der Waals surface area contributed by atoms with Crippen LogP contribution < -0.4 is 0 Å². The lowest BCUT2D eigenvalue weighted by Gasteiger charge is -2.08. The second-order valence-electron chi connectivity index (χ2n) is 7.26. The molecule has 0 unspecified atom stereocenters. The lowest BCUT2D eigenvalue weighted by Crippen LogP contribution is -2.12. The van der Waals surface area contributed by atoms with E-state index < -0.39 is 0 Å². The van der Waals surface area contributed by atoms with E-state index in [0.29, 0.717) is 12.3 Å². The molecule has 0 bridgehead atoms. The van der Waals surface area contributed by atoms with Crippen LogP contribution in [0.4, 0.5) is 0 Å².